The number of aryl methyl sites for hydroxylation is 1. The fraction of sp³-hybridized carbons (Fsp3) is 0.304. The summed E-state index contributed by atoms with van der Waals surface area (Å²) in [6.45, 7) is 3.16. The lowest BCUT2D eigenvalue weighted by atomic mass is 10.1. The zero-order chi connectivity index (χ0) is 21.3. The second-order valence-electron chi connectivity index (χ2n) is 7.48. The number of rotatable bonds is 5. The van der Waals surface area contributed by atoms with E-state index < -0.39 is 11.6 Å². The van der Waals surface area contributed by atoms with Crippen molar-refractivity contribution in [3.8, 4) is 5.75 Å². The number of aromatic nitrogens is 2. The van der Waals surface area contributed by atoms with Crippen LogP contribution < -0.4 is 4.74 Å². The summed E-state index contributed by atoms with van der Waals surface area (Å²) in [5, 5.41) is 0. The van der Waals surface area contributed by atoms with Crippen molar-refractivity contribution in [2.45, 2.75) is 32.4 Å². The topological polar surface area (TPSA) is 47.4 Å². The SMILES string of the molecule is COc1ccc(Cn2c(C)cnc2C2CCCN2C(=O)c2ccc(F)c(F)c2)cc1. The molecule has 0 radical (unpaired) electrons. The first-order valence-corrected chi connectivity index (χ1v) is 9.89. The maximum atomic E-state index is 13.6. The summed E-state index contributed by atoms with van der Waals surface area (Å²) in [5.41, 5.74) is 2.23. The quantitative estimate of drug-likeness (QED) is 0.621. The number of benzene rings is 2. The van der Waals surface area contributed by atoms with E-state index >= 15 is 0 Å². The van der Waals surface area contributed by atoms with Crippen LogP contribution in [-0.4, -0.2) is 34.0 Å². The van der Waals surface area contributed by atoms with E-state index in [4.69, 9.17) is 4.74 Å². The molecule has 5 nitrogen and oxygen atoms in total. The molecule has 1 fully saturated rings. The Hall–Kier alpha value is -3.22. The number of hydrogen-bond acceptors (Lipinski definition) is 3. The van der Waals surface area contributed by atoms with Crippen LogP contribution in [0.2, 0.25) is 0 Å². The summed E-state index contributed by atoms with van der Waals surface area (Å²) >= 11 is 0. The number of halogens is 2. The molecule has 1 aliphatic heterocycles. The molecule has 0 bridgehead atoms. The predicted molar refractivity (Wildman–Crippen MR) is 108 cm³/mol. The Morgan fingerprint density at radius 2 is 1.93 bits per heavy atom. The van der Waals surface area contributed by atoms with Crippen molar-refractivity contribution in [1.29, 1.82) is 0 Å². The molecule has 0 aliphatic carbocycles. The van der Waals surface area contributed by atoms with E-state index in [1.54, 1.807) is 18.2 Å². The van der Waals surface area contributed by atoms with Crippen molar-refractivity contribution >= 4 is 5.91 Å². The number of amides is 1. The third-order valence-electron chi connectivity index (χ3n) is 5.56. The number of imidazole rings is 1. The summed E-state index contributed by atoms with van der Waals surface area (Å²) in [6.07, 6.45) is 3.40. The number of carbonyl (C=O) groups is 1. The van der Waals surface area contributed by atoms with E-state index in [0.717, 1.165) is 47.8 Å². The highest BCUT2D eigenvalue weighted by molar-refractivity contribution is 5.94. The Balaban J connectivity index is 1.61. The van der Waals surface area contributed by atoms with Crippen molar-refractivity contribution in [2.75, 3.05) is 13.7 Å². The molecular formula is C23H23F2N3O2. The molecule has 0 saturated carbocycles. The van der Waals surface area contributed by atoms with Gasteiger partial charge >= 0.3 is 0 Å². The van der Waals surface area contributed by atoms with Gasteiger partial charge in [0.05, 0.1) is 13.2 Å². The zero-order valence-electron chi connectivity index (χ0n) is 16.9. The molecule has 2 aromatic carbocycles. The fourth-order valence-electron chi connectivity index (χ4n) is 3.94. The highest BCUT2D eigenvalue weighted by atomic mass is 19.2. The van der Waals surface area contributed by atoms with Gasteiger partial charge in [-0.2, -0.15) is 0 Å². The number of likely N-dealkylation sites (tertiary alicyclic amines) is 1. The van der Waals surface area contributed by atoms with E-state index in [9.17, 15) is 13.6 Å². The number of ether oxygens (including phenoxy) is 1. The van der Waals surface area contributed by atoms with Crippen LogP contribution in [0.5, 0.6) is 5.75 Å². The molecule has 1 saturated heterocycles. The number of methoxy groups -OCH3 is 1. The fourth-order valence-corrected chi connectivity index (χ4v) is 3.94. The van der Waals surface area contributed by atoms with Crippen LogP contribution >= 0.6 is 0 Å². The van der Waals surface area contributed by atoms with Gasteiger partial charge < -0.3 is 14.2 Å². The summed E-state index contributed by atoms with van der Waals surface area (Å²) in [7, 11) is 1.63. The first kappa shape index (κ1) is 20.1. The molecule has 7 heteroatoms. The van der Waals surface area contributed by atoms with Crippen LogP contribution in [-0.2, 0) is 6.54 Å². The third kappa shape index (κ3) is 3.79. The normalized spacial score (nSPS) is 16.1. The third-order valence-corrected chi connectivity index (χ3v) is 5.56. The summed E-state index contributed by atoms with van der Waals surface area (Å²) < 4.78 is 34.2. The maximum absolute atomic E-state index is 13.6. The highest BCUT2D eigenvalue weighted by Gasteiger charge is 2.34. The minimum atomic E-state index is -1.02. The Kier molecular flexibility index (Phi) is 5.53. The zero-order valence-corrected chi connectivity index (χ0v) is 16.9. The van der Waals surface area contributed by atoms with Crippen molar-refractivity contribution in [3.63, 3.8) is 0 Å². The van der Waals surface area contributed by atoms with Crippen LogP contribution in [0.25, 0.3) is 0 Å². The lowest BCUT2D eigenvalue weighted by molar-refractivity contribution is 0.0727. The van der Waals surface area contributed by atoms with Crippen LogP contribution in [0, 0.1) is 18.6 Å². The van der Waals surface area contributed by atoms with Crippen molar-refractivity contribution in [2.24, 2.45) is 0 Å². The van der Waals surface area contributed by atoms with Crippen LogP contribution in [0.15, 0.2) is 48.7 Å². The van der Waals surface area contributed by atoms with Crippen molar-refractivity contribution < 1.29 is 18.3 Å². The van der Waals surface area contributed by atoms with E-state index in [-0.39, 0.29) is 17.5 Å². The molecule has 30 heavy (non-hydrogen) atoms. The van der Waals surface area contributed by atoms with Gasteiger partial charge in [-0.25, -0.2) is 13.8 Å². The van der Waals surface area contributed by atoms with Gasteiger partial charge in [0.15, 0.2) is 11.6 Å². The van der Waals surface area contributed by atoms with E-state index in [1.165, 1.54) is 6.07 Å². The van der Waals surface area contributed by atoms with Gasteiger partial charge in [0.2, 0.25) is 0 Å². The van der Waals surface area contributed by atoms with E-state index in [1.807, 2.05) is 31.2 Å². The lowest BCUT2D eigenvalue weighted by Gasteiger charge is -2.25. The molecule has 1 aliphatic rings. The van der Waals surface area contributed by atoms with Crippen molar-refractivity contribution in [1.82, 2.24) is 14.5 Å². The van der Waals surface area contributed by atoms with Gasteiger partial charge in [0.25, 0.3) is 5.91 Å². The largest absolute Gasteiger partial charge is 0.497 e. The Bertz CT molecular complexity index is 1060. The predicted octanol–water partition coefficient (Wildman–Crippen LogP) is 4.50. The molecule has 0 N–H and O–H groups in total. The van der Waals surface area contributed by atoms with Gasteiger partial charge in [-0.1, -0.05) is 12.1 Å². The molecule has 0 spiro atoms. The molecule has 1 amide bonds. The van der Waals surface area contributed by atoms with Gasteiger partial charge in [0.1, 0.15) is 11.6 Å². The minimum Gasteiger partial charge on any atom is -0.497 e. The van der Waals surface area contributed by atoms with Gasteiger partial charge in [-0.05, 0) is 55.7 Å². The Morgan fingerprint density at radius 1 is 1.17 bits per heavy atom. The Labute approximate surface area is 173 Å². The van der Waals surface area contributed by atoms with Crippen LogP contribution in [0.3, 0.4) is 0 Å². The maximum Gasteiger partial charge on any atom is 0.254 e. The number of nitrogens with zero attached hydrogens (tertiary/aromatic N) is 3. The molecule has 3 aromatic rings. The monoisotopic (exact) mass is 411 g/mol. The summed E-state index contributed by atoms with van der Waals surface area (Å²) in [4.78, 5) is 19.3. The standard InChI is InChI=1S/C23H23F2N3O2/c1-15-13-26-22(28(15)14-16-5-8-18(30-2)9-6-16)21-4-3-11-27(21)23(29)17-7-10-19(24)20(25)12-17/h5-10,12-13,21H,3-4,11,14H2,1-2H3. The second kappa shape index (κ2) is 8.26. The highest BCUT2D eigenvalue weighted by Crippen LogP contribution is 2.33. The average molecular weight is 411 g/mol. The smallest absolute Gasteiger partial charge is 0.254 e. The van der Waals surface area contributed by atoms with Crippen molar-refractivity contribution in [3.05, 3.63) is 82.9 Å². The van der Waals surface area contributed by atoms with Crippen LogP contribution in [0.4, 0.5) is 8.78 Å². The van der Waals surface area contributed by atoms with E-state index in [0.29, 0.717) is 13.1 Å². The molecule has 1 aromatic heterocycles. The second-order valence-corrected chi connectivity index (χ2v) is 7.48. The lowest BCUT2D eigenvalue weighted by Crippen LogP contribution is -2.32. The first-order valence-electron chi connectivity index (χ1n) is 9.89. The molecule has 156 valence electrons. The molecule has 1 unspecified atom stereocenters. The summed E-state index contributed by atoms with van der Waals surface area (Å²) in [6, 6.07) is 10.9. The molecule has 2 heterocycles. The van der Waals surface area contributed by atoms with Gasteiger partial charge in [0, 0.05) is 30.5 Å². The average Bonchev–Trinajstić information content (AvgIpc) is 3.37. The molecular weight excluding hydrogens is 388 g/mol. The minimum absolute atomic E-state index is 0.144. The number of carbonyl (C=O) groups excluding carboxylic acids is 1. The first-order chi connectivity index (χ1) is 14.5. The molecule has 4 rings (SSSR count). The molecule has 1 atom stereocenters. The van der Waals surface area contributed by atoms with E-state index in [2.05, 4.69) is 9.55 Å². The summed E-state index contributed by atoms with van der Waals surface area (Å²) in [5.74, 6) is -0.700. The van der Waals surface area contributed by atoms with Gasteiger partial charge in [-0.15, -0.1) is 0 Å². The number of hydrogen-bond donors (Lipinski definition) is 0. The van der Waals surface area contributed by atoms with Gasteiger partial charge in [-0.3, -0.25) is 4.79 Å². The Morgan fingerprint density at radius 3 is 2.63 bits per heavy atom. The van der Waals surface area contributed by atoms with Crippen LogP contribution in [0.1, 0.15) is 46.3 Å².